The number of methoxy groups -OCH3 is 1. The van der Waals surface area contributed by atoms with Gasteiger partial charge < -0.3 is 14.2 Å². The van der Waals surface area contributed by atoms with Crippen molar-refractivity contribution in [1.82, 2.24) is 9.80 Å². The van der Waals surface area contributed by atoms with Crippen LogP contribution in [0.3, 0.4) is 0 Å². The number of esters is 1. The first-order valence-electron chi connectivity index (χ1n) is 11.6. The molecule has 0 aliphatic carbocycles. The summed E-state index contributed by atoms with van der Waals surface area (Å²) < 4.78 is 16.7. The van der Waals surface area contributed by atoms with E-state index in [4.69, 9.17) is 14.2 Å². The number of hydrogen-bond donors (Lipinski definition) is 0. The first kappa shape index (κ1) is 25.7. The smallest absolute Gasteiger partial charge is 0.413 e. The Kier molecular flexibility index (Phi) is 8.00. The molecule has 1 heterocycles. The number of rotatable bonds is 8. The van der Waals surface area contributed by atoms with Crippen LogP contribution in [0, 0.1) is 0 Å². The Morgan fingerprint density at radius 2 is 1.47 bits per heavy atom. The predicted octanol–water partition coefficient (Wildman–Crippen LogP) is 4.60. The Morgan fingerprint density at radius 1 is 0.971 bits per heavy atom. The lowest BCUT2D eigenvalue weighted by atomic mass is 10.0. The minimum absolute atomic E-state index is 0.377. The first-order chi connectivity index (χ1) is 16.0. The Balaban J connectivity index is 1.88. The maximum atomic E-state index is 13.3. The molecule has 7 heteroatoms. The SMILES string of the molecule is COC(=O)[C@H](OC(=O)N1C(C)(C)COC1(C)C)[C@H](C)N(Cc1ccccc1)Cc1ccccc1. The van der Waals surface area contributed by atoms with Crippen molar-refractivity contribution in [3.63, 3.8) is 0 Å². The monoisotopic (exact) mass is 468 g/mol. The average molecular weight is 469 g/mol. The van der Waals surface area contributed by atoms with Crippen LogP contribution in [0.15, 0.2) is 60.7 Å². The number of nitrogens with zero attached hydrogens (tertiary/aromatic N) is 2. The summed E-state index contributed by atoms with van der Waals surface area (Å²) in [6, 6.07) is 19.6. The van der Waals surface area contributed by atoms with Crippen LogP contribution in [0.25, 0.3) is 0 Å². The molecule has 7 nitrogen and oxygen atoms in total. The van der Waals surface area contributed by atoms with E-state index in [9.17, 15) is 9.59 Å². The van der Waals surface area contributed by atoms with Gasteiger partial charge in [-0.05, 0) is 45.7 Å². The largest absolute Gasteiger partial charge is 0.466 e. The normalized spacial score (nSPS) is 18.4. The Hall–Kier alpha value is -2.90. The molecule has 0 aromatic heterocycles. The van der Waals surface area contributed by atoms with E-state index in [0.717, 1.165) is 11.1 Å². The number of carbonyl (C=O) groups excluding carboxylic acids is 2. The fraction of sp³-hybridized carbons (Fsp3) is 0.481. The summed E-state index contributed by atoms with van der Waals surface area (Å²) >= 11 is 0. The van der Waals surface area contributed by atoms with Crippen molar-refractivity contribution in [2.45, 2.75) is 71.1 Å². The zero-order valence-corrected chi connectivity index (χ0v) is 21.0. The lowest BCUT2D eigenvalue weighted by molar-refractivity contribution is -0.156. The van der Waals surface area contributed by atoms with Gasteiger partial charge in [-0.1, -0.05) is 60.7 Å². The summed E-state index contributed by atoms with van der Waals surface area (Å²) in [5.41, 5.74) is 0.766. The van der Waals surface area contributed by atoms with Crippen LogP contribution in [0.5, 0.6) is 0 Å². The second-order valence-corrected chi connectivity index (χ2v) is 9.83. The number of ether oxygens (including phenoxy) is 3. The van der Waals surface area contributed by atoms with Crippen molar-refractivity contribution in [3.05, 3.63) is 71.8 Å². The molecule has 2 aromatic carbocycles. The standard InChI is InChI=1S/C27H36N2O5/c1-20(28(17-21-13-9-7-10-14-21)18-22-15-11-8-12-16-22)23(24(30)32-6)34-25(31)29-26(2,3)19-33-27(29,4)5/h7-16,20,23H,17-19H2,1-6H3/t20-,23+/m0/s1. The quantitative estimate of drug-likeness (QED) is 0.528. The lowest BCUT2D eigenvalue weighted by Crippen LogP contribution is -2.56. The van der Waals surface area contributed by atoms with Crippen LogP contribution in [0.1, 0.15) is 45.7 Å². The highest BCUT2D eigenvalue weighted by Crippen LogP contribution is 2.35. The molecule has 0 N–H and O–H groups in total. The van der Waals surface area contributed by atoms with Crippen LogP contribution < -0.4 is 0 Å². The van der Waals surface area contributed by atoms with Gasteiger partial charge in [-0.15, -0.1) is 0 Å². The van der Waals surface area contributed by atoms with E-state index in [-0.39, 0.29) is 0 Å². The van der Waals surface area contributed by atoms with E-state index in [1.165, 1.54) is 7.11 Å². The summed E-state index contributed by atoms with van der Waals surface area (Å²) in [5, 5.41) is 0. The van der Waals surface area contributed by atoms with Gasteiger partial charge in [0.1, 0.15) is 5.72 Å². The highest BCUT2D eigenvalue weighted by atomic mass is 16.6. The summed E-state index contributed by atoms with van der Waals surface area (Å²) in [5.74, 6) is -0.595. The Labute approximate surface area is 202 Å². The molecule has 1 aliphatic rings. The topological polar surface area (TPSA) is 68.3 Å². The van der Waals surface area contributed by atoms with E-state index < -0.39 is 35.5 Å². The van der Waals surface area contributed by atoms with Gasteiger partial charge in [0.05, 0.1) is 25.3 Å². The van der Waals surface area contributed by atoms with Gasteiger partial charge in [0.25, 0.3) is 0 Å². The first-order valence-corrected chi connectivity index (χ1v) is 11.6. The number of carbonyl (C=O) groups is 2. The summed E-state index contributed by atoms with van der Waals surface area (Å²) in [4.78, 5) is 29.9. The van der Waals surface area contributed by atoms with Crippen LogP contribution in [0.4, 0.5) is 4.79 Å². The molecule has 2 atom stereocenters. The van der Waals surface area contributed by atoms with Crippen LogP contribution in [0.2, 0.25) is 0 Å². The molecular weight excluding hydrogens is 432 g/mol. The number of hydrogen-bond acceptors (Lipinski definition) is 6. The molecule has 0 unspecified atom stereocenters. The maximum Gasteiger partial charge on any atom is 0.413 e. The molecule has 1 aliphatic heterocycles. The molecule has 1 saturated heterocycles. The van der Waals surface area contributed by atoms with Gasteiger partial charge >= 0.3 is 12.1 Å². The van der Waals surface area contributed by atoms with Gasteiger partial charge in [0, 0.05) is 13.1 Å². The second kappa shape index (κ2) is 10.6. The van der Waals surface area contributed by atoms with Crippen LogP contribution in [-0.4, -0.2) is 59.0 Å². The third kappa shape index (κ3) is 5.96. The lowest BCUT2D eigenvalue weighted by Gasteiger charge is -2.39. The predicted molar refractivity (Wildman–Crippen MR) is 130 cm³/mol. The molecule has 3 rings (SSSR count). The Morgan fingerprint density at radius 3 is 1.88 bits per heavy atom. The molecule has 34 heavy (non-hydrogen) atoms. The molecule has 2 aromatic rings. The van der Waals surface area contributed by atoms with Gasteiger partial charge in [-0.25, -0.2) is 9.59 Å². The highest BCUT2D eigenvalue weighted by Gasteiger charge is 2.51. The molecular formula is C27H36N2O5. The van der Waals surface area contributed by atoms with Gasteiger partial charge in [0.15, 0.2) is 0 Å². The van der Waals surface area contributed by atoms with Crippen molar-refractivity contribution in [2.24, 2.45) is 0 Å². The van der Waals surface area contributed by atoms with E-state index in [1.807, 2.05) is 95.3 Å². The summed E-state index contributed by atoms with van der Waals surface area (Å²) in [6.07, 6.45) is -1.72. The molecule has 0 bridgehead atoms. The molecule has 0 spiro atoms. The average Bonchev–Trinajstić information content (AvgIpc) is 3.04. The van der Waals surface area contributed by atoms with Crippen molar-refractivity contribution in [3.8, 4) is 0 Å². The maximum absolute atomic E-state index is 13.3. The molecule has 1 fully saturated rings. The second-order valence-electron chi connectivity index (χ2n) is 9.83. The van der Waals surface area contributed by atoms with E-state index in [2.05, 4.69) is 4.90 Å². The highest BCUT2D eigenvalue weighted by molar-refractivity contribution is 5.80. The Bertz CT molecular complexity index is 904. The third-order valence-corrected chi connectivity index (χ3v) is 6.24. The molecule has 0 radical (unpaired) electrons. The molecule has 184 valence electrons. The number of benzene rings is 2. The van der Waals surface area contributed by atoms with E-state index >= 15 is 0 Å². The van der Waals surface area contributed by atoms with Gasteiger partial charge in [-0.2, -0.15) is 0 Å². The zero-order valence-electron chi connectivity index (χ0n) is 21.0. The minimum Gasteiger partial charge on any atom is -0.466 e. The fourth-order valence-electron chi connectivity index (χ4n) is 4.47. The van der Waals surface area contributed by atoms with Crippen molar-refractivity contribution in [1.29, 1.82) is 0 Å². The van der Waals surface area contributed by atoms with Gasteiger partial charge in [0.2, 0.25) is 6.10 Å². The summed E-state index contributed by atoms with van der Waals surface area (Å²) in [6.45, 7) is 10.9. The van der Waals surface area contributed by atoms with Crippen LogP contribution >= 0.6 is 0 Å². The van der Waals surface area contributed by atoms with Crippen molar-refractivity contribution < 1.29 is 23.8 Å². The summed E-state index contributed by atoms with van der Waals surface area (Å²) in [7, 11) is 1.31. The van der Waals surface area contributed by atoms with Crippen LogP contribution in [-0.2, 0) is 32.1 Å². The molecule has 1 amide bonds. The van der Waals surface area contributed by atoms with E-state index in [1.54, 1.807) is 4.90 Å². The van der Waals surface area contributed by atoms with Crippen molar-refractivity contribution in [2.75, 3.05) is 13.7 Å². The van der Waals surface area contributed by atoms with Crippen molar-refractivity contribution >= 4 is 12.1 Å². The minimum atomic E-state index is -1.11. The van der Waals surface area contributed by atoms with Gasteiger partial charge in [-0.3, -0.25) is 9.80 Å². The zero-order chi connectivity index (χ0) is 24.9. The van der Waals surface area contributed by atoms with E-state index in [0.29, 0.717) is 19.7 Å². The fourth-order valence-corrected chi connectivity index (χ4v) is 4.47. The molecule has 0 saturated carbocycles. The third-order valence-electron chi connectivity index (χ3n) is 6.24. The number of amides is 1.